The number of rotatable bonds is 25. The number of benzene rings is 3. The molecule has 0 radical (unpaired) electrons. The van der Waals surface area contributed by atoms with Gasteiger partial charge < -0.3 is 45.9 Å². The summed E-state index contributed by atoms with van der Waals surface area (Å²) in [5.74, 6) is -3.61. The van der Waals surface area contributed by atoms with Gasteiger partial charge in [-0.2, -0.15) is 5.10 Å². The number of aliphatic hydroxyl groups is 1. The van der Waals surface area contributed by atoms with Gasteiger partial charge in [0, 0.05) is 46.0 Å². The van der Waals surface area contributed by atoms with E-state index in [4.69, 9.17) is 25.0 Å². The number of aryl methyl sites for hydroxylation is 1. The molecule has 438 valence electrons. The van der Waals surface area contributed by atoms with Crippen LogP contribution in [-0.2, 0) is 47.2 Å². The monoisotopic (exact) mass is 1180 g/mol. The number of amides is 4. The second-order valence-corrected chi connectivity index (χ2v) is 30.7. The minimum Gasteiger partial charge on any atom is -0.484 e. The smallest absolute Gasteiger partial charge is 0.339 e. The molecule has 7 N–H and O–H groups in total. The molecule has 0 spiro atoms. The molecule has 2 unspecified atom stereocenters. The number of esters is 1. The van der Waals surface area contributed by atoms with Crippen LogP contribution in [-0.4, -0.2) is 120 Å². The number of hydrogen-bond donors (Lipinski definition) is 6. The number of nitrogens with one attached hydrogen (secondary N) is 4. The van der Waals surface area contributed by atoms with E-state index >= 15 is 0 Å². The van der Waals surface area contributed by atoms with E-state index in [1.54, 1.807) is 62.7 Å². The van der Waals surface area contributed by atoms with Crippen LogP contribution < -0.4 is 31.1 Å². The highest BCUT2D eigenvalue weighted by Gasteiger charge is 2.44. The first kappa shape index (κ1) is 62.0. The van der Waals surface area contributed by atoms with Crippen LogP contribution in [0.15, 0.2) is 90.6 Å². The second-order valence-electron chi connectivity index (χ2n) is 22.2. The number of halogens is 1. The summed E-state index contributed by atoms with van der Waals surface area (Å²) in [4.78, 5) is 79.0. The van der Waals surface area contributed by atoms with Crippen molar-refractivity contribution in [2.45, 2.75) is 118 Å². The molecule has 4 amide bonds. The van der Waals surface area contributed by atoms with Gasteiger partial charge in [-0.15, -0.1) is 11.3 Å². The van der Waals surface area contributed by atoms with Crippen LogP contribution in [0.1, 0.15) is 91.1 Å². The van der Waals surface area contributed by atoms with Gasteiger partial charge in [0.05, 0.1) is 45.6 Å². The maximum absolute atomic E-state index is 14.2. The minimum atomic E-state index is -3.79. The number of carbonyl (C=O) groups excluding carboxylic acids is 5. The summed E-state index contributed by atoms with van der Waals surface area (Å²) in [5, 5.41) is 24.2. The van der Waals surface area contributed by atoms with E-state index in [0.717, 1.165) is 27.7 Å². The fourth-order valence-corrected chi connectivity index (χ4v) is 11.0. The quantitative estimate of drug-likeness (QED) is 0.0180. The van der Waals surface area contributed by atoms with Crippen molar-refractivity contribution in [1.29, 1.82) is 0 Å². The number of sulfonamides is 1. The van der Waals surface area contributed by atoms with Crippen molar-refractivity contribution in [3.63, 3.8) is 0 Å². The van der Waals surface area contributed by atoms with E-state index in [0.29, 0.717) is 17.7 Å². The molecule has 1 aliphatic rings. The number of nitrogens with zero attached hydrogens (tertiary/aromatic N) is 5. The van der Waals surface area contributed by atoms with E-state index < -0.39 is 83.2 Å². The zero-order valence-electron chi connectivity index (χ0n) is 47.4. The third-order valence-electron chi connectivity index (χ3n) is 13.5. The van der Waals surface area contributed by atoms with Crippen LogP contribution in [0.4, 0.5) is 21.7 Å². The molecule has 6 aromatic rings. The number of pyridine rings is 1. The average molecular weight is 1180 g/mol. The average Bonchev–Trinajstić information content (AvgIpc) is 4.30. The summed E-state index contributed by atoms with van der Waals surface area (Å²) < 4.78 is 61.1. The lowest BCUT2D eigenvalue weighted by atomic mass is 9.85. The molecule has 4 heterocycles. The topological polar surface area (TPSA) is 288 Å². The zero-order chi connectivity index (χ0) is 59.7. The van der Waals surface area contributed by atoms with Gasteiger partial charge in [-0.1, -0.05) is 82.9 Å². The molecular formula is C57H71FN10O11S2Si. The van der Waals surface area contributed by atoms with Gasteiger partial charge in [0.1, 0.15) is 66.0 Å². The highest BCUT2D eigenvalue weighted by atomic mass is 32.2. The van der Waals surface area contributed by atoms with Crippen molar-refractivity contribution in [1.82, 2.24) is 35.3 Å². The number of thiazole rings is 1. The van der Waals surface area contributed by atoms with Gasteiger partial charge >= 0.3 is 5.97 Å². The molecule has 0 saturated carbocycles. The Balaban J connectivity index is 1.01. The molecular weight excluding hydrogens is 1110 g/mol. The van der Waals surface area contributed by atoms with Crippen molar-refractivity contribution in [2.75, 3.05) is 35.6 Å². The van der Waals surface area contributed by atoms with Crippen LogP contribution in [0.3, 0.4) is 0 Å². The molecule has 3 aromatic heterocycles. The summed E-state index contributed by atoms with van der Waals surface area (Å²) in [7, 11) is -5.31. The summed E-state index contributed by atoms with van der Waals surface area (Å²) in [6.45, 7) is 17.0. The lowest BCUT2D eigenvalue weighted by molar-refractivity contribution is -0.144. The SMILES string of the molecule is CCS(=O)(=O)Nc1ccc(-c2nn(COCC[Si](C)(C)C)c(Nc3ccc(C(=O)OCCC(=O)NC(C(=O)N4C[C@H](O)C[C@H]4C(=O)NCc4ccc(-c5scnc5C)cc4)C(C)(C)C)cn3)c2C(N)=O)cc1OC(C)c1ccc(F)cc1. The van der Waals surface area contributed by atoms with Crippen molar-refractivity contribution < 1.29 is 56.1 Å². The van der Waals surface area contributed by atoms with Crippen molar-refractivity contribution in [3.8, 4) is 27.4 Å². The minimum absolute atomic E-state index is 0.0198. The van der Waals surface area contributed by atoms with E-state index in [2.05, 4.69) is 50.3 Å². The first-order valence-electron chi connectivity index (χ1n) is 26.7. The van der Waals surface area contributed by atoms with Gasteiger partial charge in [-0.3, -0.25) is 23.9 Å². The van der Waals surface area contributed by atoms with Crippen LogP contribution in [0.25, 0.3) is 21.7 Å². The first-order chi connectivity index (χ1) is 38.7. The Hall–Kier alpha value is -7.58. The number of likely N-dealkylation sites (tertiary alicyclic amines) is 1. The Morgan fingerprint density at radius 3 is 2.29 bits per heavy atom. The molecule has 25 heteroatoms. The predicted octanol–water partition coefficient (Wildman–Crippen LogP) is 7.93. The summed E-state index contributed by atoms with van der Waals surface area (Å²) in [6, 6.07) is 19.5. The number of hydrogen-bond acceptors (Lipinski definition) is 16. The number of primary amides is 1. The van der Waals surface area contributed by atoms with E-state index in [-0.39, 0.29) is 84.9 Å². The molecule has 1 saturated heterocycles. The van der Waals surface area contributed by atoms with E-state index in [1.165, 1.54) is 59.1 Å². The highest BCUT2D eigenvalue weighted by Crippen LogP contribution is 2.38. The number of aliphatic hydroxyl groups excluding tert-OH is 1. The number of ether oxygens (including phenoxy) is 3. The molecule has 21 nitrogen and oxygen atoms in total. The maximum Gasteiger partial charge on any atom is 0.339 e. The summed E-state index contributed by atoms with van der Waals surface area (Å²) in [5.41, 5.74) is 10.9. The molecule has 4 atom stereocenters. The Morgan fingerprint density at radius 2 is 1.67 bits per heavy atom. The normalized spacial score (nSPS) is 15.3. The molecule has 1 aliphatic heterocycles. The van der Waals surface area contributed by atoms with Crippen LogP contribution in [0, 0.1) is 18.2 Å². The number of anilines is 3. The van der Waals surface area contributed by atoms with Gasteiger partial charge in [-0.05, 0) is 85.3 Å². The predicted molar refractivity (Wildman–Crippen MR) is 313 cm³/mol. The number of β-amino-alcohol motifs (C(OH)–C–C–N with tert-alkyl or cyclic N) is 1. The highest BCUT2D eigenvalue weighted by molar-refractivity contribution is 7.92. The van der Waals surface area contributed by atoms with E-state index in [1.807, 2.05) is 31.2 Å². The Bertz CT molecular complexity index is 3370. The van der Waals surface area contributed by atoms with Crippen LogP contribution in [0.2, 0.25) is 25.7 Å². The Kier molecular flexibility index (Phi) is 20.1. The largest absolute Gasteiger partial charge is 0.484 e. The second kappa shape index (κ2) is 26.6. The molecule has 7 rings (SSSR count). The first-order valence-corrected chi connectivity index (χ1v) is 32.9. The van der Waals surface area contributed by atoms with Gasteiger partial charge in [0.15, 0.2) is 0 Å². The Labute approximate surface area is 481 Å². The third kappa shape index (κ3) is 16.3. The summed E-state index contributed by atoms with van der Waals surface area (Å²) in [6.07, 6.45) is -0.704. The van der Waals surface area contributed by atoms with Crippen LogP contribution in [0.5, 0.6) is 5.75 Å². The van der Waals surface area contributed by atoms with Gasteiger partial charge in [0.25, 0.3) is 5.91 Å². The van der Waals surface area contributed by atoms with Crippen molar-refractivity contribution in [3.05, 3.63) is 124 Å². The van der Waals surface area contributed by atoms with Crippen molar-refractivity contribution >= 4 is 76.4 Å². The molecule has 0 aliphatic carbocycles. The molecule has 3 aromatic carbocycles. The molecule has 0 bridgehead atoms. The van der Waals surface area contributed by atoms with Crippen molar-refractivity contribution in [2.24, 2.45) is 11.1 Å². The van der Waals surface area contributed by atoms with Gasteiger partial charge in [0.2, 0.25) is 27.7 Å². The number of aromatic nitrogens is 4. The lowest BCUT2D eigenvalue weighted by Gasteiger charge is -2.35. The molecule has 1 fully saturated rings. The Morgan fingerprint density at radius 1 is 0.963 bits per heavy atom. The standard InChI is InChI=1S/C57H71FN10O11S2Si/c1-10-81(75,76)66-43-21-17-39(27-45(43)79-35(3)37-15-19-41(58)20-16-37)49-48(52(59)71)53(68(65-49)33-77-25-26-82(7,8)9)63-46-22-18-40(30-60-46)56(74)78-24-23-47(70)64-51(57(4,5)6)55(73)67-31-42(69)28-44(67)54(72)61-29-36-11-13-38(14-12-36)50-34(2)62-32-80-50/h11-22,27,30,32,35,42,44,51,66,69H,10,23-26,28-29,31,33H2,1-9H3,(H2,59,71)(H,60,63)(H,61,72)(H,64,70)/t35?,42-,44+,51?/m1/s1. The summed E-state index contributed by atoms with van der Waals surface area (Å²) >= 11 is 1.54. The number of nitrogens with two attached hydrogens (primary N) is 1. The lowest BCUT2D eigenvalue weighted by Crippen LogP contribution is -2.57. The zero-order valence-corrected chi connectivity index (χ0v) is 50.0. The fraction of sp³-hybridized carbons (Fsp3) is 0.404. The maximum atomic E-state index is 14.2. The van der Waals surface area contributed by atoms with E-state index in [9.17, 15) is 41.9 Å². The third-order valence-corrected chi connectivity index (χ3v) is 17.4. The van der Waals surface area contributed by atoms with Crippen LogP contribution >= 0.6 is 11.3 Å². The molecule has 82 heavy (non-hydrogen) atoms. The van der Waals surface area contributed by atoms with Gasteiger partial charge in [-0.25, -0.2) is 32.3 Å². The number of carbonyl (C=O) groups is 5. The fourth-order valence-electron chi connectivity index (χ4n) is 8.77.